The highest BCUT2D eigenvalue weighted by atomic mass is 19.1. The van der Waals surface area contributed by atoms with E-state index < -0.39 is 29.8 Å². The number of carbonyl (C=O) groups is 1. The summed E-state index contributed by atoms with van der Waals surface area (Å²) in [5.74, 6) is -2.06. The van der Waals surface area contributed by atoms with Gasteiger partial charge in [-0.1, -0.05) is 0 Å². The second kappa shape index (κ2) is 6.17. The fourth-order valence-electron chi connectivity index (χ4n) is 1.67. The van der Waals surface area contributed by atoms with Gasteiger partial charge in [0.2, 0.25) is 0 Å². The summed E-state index contributed by atoms with van der Waals surface area (Å²) in [5, 5.41) is 0. The second-order valence-electron chi connectivity index (χ2n) is 4.32. The fourth-order valence-corrected chi connectivity index (χ4v) is 1.67. The number of rotatable bonds is 4. The molecule has 1 heterocycles. The van der Waals surface area contributed by atoms with E-state index in [1.807, 2.05) is 0 Å². The first-order chi connectivity index (χ1) is 9.95. The number of nitrogen functional groups attached to an aromatic ring is 1. The van der Waals surface area contributed by atoms with E-state index in [4.69, 9.17) is 10.5 Å². The van der Waals surface area contributed by atoms with Crippen molar-refractivity contribution < 1.29 is 18.3 Å². The van der Waals surface area contributed by atoms with Crippen molar-refractivity contribution in [2.45, 2.75) is 13.2 Å². The lowest BCUT2D eigenvalue weighted by Crippen LogP contribution is -2.24. The van der Waals surface area contributed by atoms with Crippen molar-refractivity contribution in [1.82, 2.24) is 4.57 Å². The highest BCUT2D eigenvalue weighted by Crippen LogP contribution is 2.11. The van der Waals surface area contributed by atoms with Crippen LogP contribution in [0.5, 0.6) is 0 Å². The third kappa shape index (κ3) is 3.88. The van der Waals surface area contributed by atoms with Crippen molar-refractivity contribution in [1.29, 1.82) is 0 Å². The summed E-state index contributed by atoms with van der Waals surface area (Å²) < 4.78 is 32.2. The molecule has 2 N–H and O–H groups in total. The van der Waals surface area contributed by atoms with E-state index in [2.05, 4.69) is 0 Å². The third-order valence-electron chi connectivity index (χ3n) is 2.70. The smallest absolute Gasteiger partial charge is 0.326 e. The number of nitrogens with zero attached hydrogens (tertiary/aromatic N) is 1. The topological polar surface area (TPSA) is 74.3 Å². The van der Waals surface area contributed by atoms with Crippen LogP contribution in [0.2, 0.25) is 0 Å². The first-order valence-electron chi connectivity index (χ1n) is 6.01. The minimum atomic E-state index is -0.758. The van der Waals surface area contributed by atoms with Gasteiger partial charge in [0, 0.05) is 23.5 Å². The average Bonchev–Trinajstić information content (AvgIpc) is 2.44. The molecule has 2 rings (SSSR count). The molecule has 0 fully saturated rings. The number of halogens is 2. The van der Waals surface area contributed by atoms with Crippen molar-refractivity contribution in [3.63, 3.8) is 0 Å². The maximum atomic E-state index is 13.3. The molecule has 0 saturated carbocycles. The predicted molar refractivity (Wildman–Crippen MR) is 71.3 cm³/mol. The van der Waals surface area contributed by atoms with Crippen LogP contribution in [-0.4, -0.2) is 10.5 Å². The summed E-state index contributed by atoms with van der Waals surface area (Å²) in [6, 6.07) is 5.48. The highest BCUT2D eigenvalue weighted by Gasteiger charge is 2.09. The normalized spacial score (nSPS) is 10.4. The molecule has 0 aliphatic carbocycles. The van der Waals surface area contributed by atoms with Gasteiger partial charge < -0.3 is 15.0 Å². The maximum Gasteiger partial charge on any atom is 0.326 e. The van der Waals surface area contributed by atoms with E-state index >= 15 is 0 Å². The van der Waals surface area contributed by atoms with Gasteiger partial charge in [-0.2, -0.15) is 0 Å². The molecule has 0 bridgehead atoms. The molecule has 0 amide bonds. The van der Waals surface area contributed by atoms with Gasteiger partial charge in [-0.25, -0.2) is 8.78 Å². The lowest BCUT2D eigenvalue weighted by atomic mass is 10.2. The third-order valence-corrected chi connectivity index (χ3v) is 2.70. The number of anilines is 1. The van der Waals surface area contributed by atoms with E-state index in [-0.39, 0.29) is 12.1 Å². The van der Waals surface area contributed by atoms with Gasteiger partial charge in [-0.3, -0.25) is 9.59 Å². The lowest BCUT2D eigenvalue weighted by molar-refractivity contribution is -0.145. The van der Waals surface area contributed by atoms with Crippen LogP contribution >= 0.6 is 0 Å². The van der Waals surface area contributed by atoms with Crippen molar-refractivity contribution in [3.05, 3.63) is 64.1 Å². The van der Waals surface area contributed by atoms with Crippen molar-refractivity contribution in [3.8, 4) is 0 Å². The zero-order valence-corrected chi connectivity index (χ0v) is 10.9. The van der Waals surface area contributed by atoms with Gasteiger partial charge in [0.15, 0.2) is 0 Å². The summed E-state index contributed by atoms with van der Waals surface area (Å²) in [6.07, 6.45) is 1.30. The molecule has 1 aromatic heterocycles. The quantitative estimate of drug-likeness (QED) is 0.866. The van der Waals surface area contributed by atoms with E-state index in [0.29, 0.717) is 5.69 Å². The Morgan fingerprint density at radius 1 is 1.24 bits per heavy atom. The molecular weight excluding hydrogens is 282 g/mol. The van der Waals surface area contributed by atoms with Crippen LogP contribution < -0.4 is 11.3 Å². The lowest BCUT2D eigenvalue weighted by Gasteiger charge is -2.08. The monoisotopic (exact) mass is 294 g/mol. The molecule has 0 atom stereocenters. The average molecular weight is 294 g/mol. The van der Waals surface area contributed by atoms with Crippen molar-refractivity contribution >= 4 is 11.7 Å². The standard InChI is InChI=1S/C14H12F2N2O3/c15-10-1-3-12(16)9(5-10)8-21-14(20)7-18-6-11(17)2-4-13(18)19/h1-6H,7-8,17H2. The second-order valence-corrected chi connectivity index (χ2v) is 4.32. The first-order valence-corrected chi connectivity index (χ1v) is 6.01. The number of esters is 1. The predicted octanol–water partition coefficient (Wildman–Crippen LogP) is 1.45. The van der Waals surface area contributed by atoms with Gasteiger partial charge in [0.1, 0.15) is 24.8 Å². The fraction of sp³-hybridized carbons (Fsp3) is 0.143. The molecule has 0 aliphatic rings. The summed E-state index contributed by atoms with van der Waals surface area (Å²) in [7, 11) is 0. The number of benzene rings is 1. The van der Waals surface area contributed by atoms with Crippen LogP contribution in [0.4, 0.5) is 14.5 Å². The number of pyridine rings is 1. The molecule has 1 aromatic carbocycles. The largest absolute Gasteiger partial charge is 0.459 e. The molecular formula is C14H12F2N2O3. The summed E-state index contributed by atoms with van der Waals surface area (Å²) in [4.78, 5) is 23.1. The van der Waals surface area contributed by atoms with Crippen molar-refractivity contribution in [2.24, 2.45) is 0 Å². The zero-order valence-electron chi connectivity index (χ0n) is 10.9. The Morgan fingerprint density at radius 2 is 2.00 bits per heavy atom. The van der Waals surface area contributed by atoms with E-state index in [0.717, 1.165) is 22.8 Å². The van der Waals surface area contributed by atoms with Gasteiger partial charge in [-0.15, -0.1) is 0 Å². The first kappa shape index (κ1) is 14.7. The Hall–Kier alpha value is -2.70. The van der Waals surface area contributed by atoms with E-state index in [1.54, 1.807) is 0 Å². The minimum Gasteiger partial charge on any atom is -0.459 e. The Balaban J connectivity index is 2.01. The zero-order chi connectivity index (χ0) is 15.4. The molecule has 0 unspecified atom stereocenters. The van der Waals surface area contributed by atoms with Crippen LogP contribution in [0.15, 0.2) is 41.3 Å². The van der Waals surface area contributed by atoms with Crippen LogP contribution in [0, 0.1) is 11.6 Å². The molecule has 7 heteroatoms. The molecule has 0 radical (unpaired) electrons. The minimum absolute atomic E-state index is 0.0803. The number of aromatic nitrogens is 1. The molecule has 5 nitrogen and oxygen atoms in total. The number of carbonyl (C=O) groups excluding carboxylic acids is 1. The van der Waals surface area contributed by atoms with Crippen LogP contribution in [0.25, 0.3) is 0 Å². The number of nitrogens with two attached hydrogens (primary N) is 1. The van der Waals surface area contributed by atoms with Gasteiger partial charge in [-0.05, 0) is 24.3 Å². The molecule has 21 heavy (non-hydrogen) atoms. The van der Waals surface area contributed by atoms with E-state index in [9.17, 15) is 18.4 Å². The number of ether oxygens (including phenoxy) is 1. The molecule has 0 spiro atoms. The number of hydrogen-bond acceptors (Lipinski definition) is 4. The van der Waals surface area contributed by atoms with Crippen LogP contribution in [-0.2, 0) is 22.7 Å². The SMILES string of the molecule is Nc1ccc(=O)n(CC(=O)OCc2cc(F)ccc2F)c1. The molecule has 110 valence electrons. The van der Waals surface area contributed by atoms with Crippen molar-refractivity contribution in [2.75, 3.05) is 5.73 Å². The van der Waals surface area contributed by atoms with Gasteiger partial charge in [0.05, 0.1) is 0 Å². The van der Waals surface area contributed by atoms with E-state index in [1.165, 1.54) is 18.3 Å². The van der Waals surface area contributed by atoms with Crippen LogP contribution in [0.1, 0.15) is 5.56 Å². The number of hydrogen-bond donors (Lipinski definition) is 1. The summed E-state index contributed by atoms with van der Waals surface area (Å²) in [5.41, 5.74) is 5.32. The Morgan fingerprint density at radius 3 is 2.76 bits per heavy atom. The summed E-state index contributed by atoms with van der Waals surface area (Å²) in [6.45, 7) is -0.777. The Labute approximate surface area is 118 Å². The van der Waals surface area contributed by atoms with Gasteiger partial charge >= 0.3 is 5.97 Å². The van der Waals surface area contributed by atoms with Gasteiger partial charge in [0.25, 0.3) is 5.56 Å². The Bertz CT molecular complexity index is 728. The molecule has 0 saturated heterocycles. The van der Waals surface area contributed by atoms with Crippen LogP contribution in [0.3, 0.4) is 0 Å². The Kier molecular flexibility index (Phi) is 4.32. The molecule has 0 aliphatic heterocycles. The molecule has 2 aromatic rings. The highest BCUT2D eigenvalue weighted by molar-refractivity contribution is 5.69. The summed E-state index contributed by atoms with van der Waals surface area (Å²) >= 11 is 0. The maximum absolute atomic E-state index is 13.3.